The van der Waals surface area contributed by atoms with Gasteiger partial charge in [0.05, 0.1) is 27.9 Å². The van der Waals surface area contributed by atoms with E-state index in [-0.39, 0.29) is 6.17 Å². The van der Waals surface area contributed by atoms with Gasteiger partial charge in [-0.25, -0.2) is 4.98 Å². The quantitative estimate of drug-likeness (QED) is 0.326. The van der Waals surface area contributed by atoms with E-state index in [2.05, 4.69) is 91.2 Å². The van der Waals surface area contributed by atoms with Gasteiger partial charge in [-0.2, -0.15) is 5.10 Å². The van der Waals surface area contributed by atoms with E-state index in [1.165, 1.54) is 5.69 Å². The molecule has 5 aromatic rings. The van der Waals surface area contributed by atoms with Crippen molar-refractivity contribution in [1.29, 1.82) is 0 Å². The second-order valence-corrected chi connectivity index (χ2v) is 9.21. The number of rotatable bonds is 3. The number of piperazine rings is 1. The monoisotopic (exact) mass is 450 g/mol. The molecule has 0 spiro atoms. The van der Waals surface area contributed by atoms with Crippen LogP contribution in [-0.2, 0) is 0 Å². The van der Waals surface area contributed by atoms with E-state index >= 15 is 0 Å². The highest BCUT2D eigenvalue weighted by molar-refractivity contribution is 5.89. The van der Waals surface area contributed by atoms with Gasteiger partial charge < -0.3 is 25.4 Å². The van der Waals surface area contributed by atoms with Crippen molar-refractivity contribution in [2.45, 2.75) is 6.17 Å². The lowest BCUT2D eigenvalue weighted by Gasteiger charge is -2.34. The van der Waals surface area contributed by atoms with Crippen LogP contribution >= 0.6 is 0 Å². The highest BCUT2D eigenvalue weighted by Gasteiger charge is 2.25. The van der Waals surface area contributed by atoms with Crippen molar-refractivity contribution < 1.29 is 0 Å². The van der Waals surface area contributed by atoms with E-state index in [1.807, 2.05) is 12.1 Å². The Balaban J connectivity index is 1.22. The number of aromatic nitrogens is 4. The minimum absolute atomic E-state index is 0.0804. The van der Waals surface area contributed by atoms with Crippen molar-refractivity contribution in [2.24, 2.45) is 0 Å². The van der Waals surface area contributed by atoms with Crippen LogP contribution in [0, 0.1) is 0 Å². The third-order valence-electron chi connectivity index (χ3n) is 7.00. The summed E-state index contributed by atoms with van der Waals surface area (Å²) in [6, 6.07) is 21.1. The summed E-state index contributed by atoms with van der Waals surface area (Å²) in [6.07, 6.45) is -0.0804. The molecule has 8 heteroatoms. The zero-order chi connectivity index (χ0) is 22.6. The third-order valence-corrected chi connectivity index (χ3v) is 7.00. The van der Waals surface area contributed by atoms with Crippen LogP contribution in [0.4, 0.5) is 17.1 Å². The SMILES string of the molecule is CN1CCN(c2ccc3nc(-c4ccc5[nH]nc(C6Nc7ccccc7N6)c5c4)[nH]c3c2)CC1. The molecule has 2 aliphatic heterocycles. The Morgan fingerprint density at radius 1 is 0.853 bits per heavy atom. The first kappa shape index (κ1) is 19.4. The molecule has 0 atom stereocenters. The van der Waals surface area contributed by atoms with E-state index in [1.54, 1.807) is 0 Å². The summed E-state index contributed by atoms with van der Waals surface area (Å²) in [6.45, 7) is 4.29. The highest BCUT2D eigenvalue weighted by atomic mass is 15.3. The Morgan fingerprint density at radius 3 is 2.44 bits per heavy atom. The van der Waals surface area contributed by atoms with E-state index in [0.29, 0.717) is 0 Å². The zero-order valence-corrected chi connectivity index (χ0v) is 19.0. The Bertz CT molecular complexity index is 1480. The first-order valence-electron chi connectivity index (χ1n) is 11.7. The number of H-pyrrole nitrogens is 2. The van der Waals surface area contributed by atoms with Crippen LogP contribution in [0.25, 0.3) is 33.3 Å². The van der Waals surface area contributed by atoms with Gasteiger partial charge in [0, 0.05) is 42.8 Å². The fraction of sp³-hybridized carbons (Fsp3) is 0.231. The summed E-state index contributed by atoms with van der Waals surface area (Å²) in [7, 11) is 2.18. The first-order valence-corrected chi connectivity index (χ1v) is 11.7. The Morgan fingerprint density at radius 2 is 1.65 bits per heavy atom. The molecule has 4 heterocycles. The van der Waals surface area contributed by atoms with E-state index in [0.717, 1.165) is 76.6 Å². The number of nitrogens with one attached hydrogen (secondary N) is 4. The predicted molar refractivity (Wildman–Crippen MR) is 137 cm³/mol. The van der Waals surface area contributed by atoms with Gasteiger partial charge in [0.15, 0.2) is 0 Å². The molecule has 7 rings (SSSR count). The molecule has 0 bridgehead atoms. The fourth-order valence-corrected chi connectivity index (χ4v) is 5.02. The summed E-state index contributed by atoms with van der Waals surface area (Å²) in [4.78, 5) is 13.3. The Labute approximate surface area is 197 Å². The molecule has 0 radical (unpaired) electrons. The van der Waals surface area contributed by atoms with E-state index in [4.69, 9.17) is 4.98 Å². The second kappa shape index (κ2) is 7.50. The molecule has 8 nitrogen and oxygen atoms in total. The molecule has 0 aliphatic carbocycles. The molecule has 1 fully saturated rings. The fourth-order valence-electron chi connectivity index (χ4n) is 5.02. The summed E-state index contributed by atoms with van der Waals surface area (Å²) in [5.74, 6) is 0.871. The molecule has 0 saturated carbocycles. The van der Waals surface area contributed by atoms with Gasteiger partial charge in [-0.1, -0.05) is 12.1 Å². The lowest BCUT2D eigenvalue weighted by atomic mass is 10.1. The Kier molecular flexibility index (Phi) is 4.28. The van der Waals surface area contributed by atoms with Crippen LogP contribution in [0.5, 0.6) is 0 Å². The maximum absolute atomic E-state index is 4.89. The molecule has 1 saturated heterocycles. The van der Waals surface area contributed by atoms with E-state index < -0.39 is 0 Å². The number of aromatic amines is 2. The van der Waals surface area contributed by atoms with Gasteiger partial charge in [-0.05, 0) is 55.6 Å². The summed E-state index contributed by atoms with van der Waals surface area (Å²) < 4.78 is 0. The molecule has 4 N–H and O–H groups in total. The number of anilines is 3. The molecule has 2 aromatic heterocycles. The van der Waals surface area contributed by atoms with Gasteiger partial charge in [0.1, 0.15) is 17.7 Å². The topological polar surface area (TPSA) is 87.9 Å². The number of para-hydroxylation sites is 2. The third kappa shape index (κ3) is 3.18. The number of hydrogen-bond acceptors (Lipinski definition) is 6. The van der Waals surface area contributed by atoms with Crippen molar-refractivity contribution in [2.75, 3.05) is 48.8 Å². The lowest BCUT2D eigenvalue weighted by Crippen LogP contribution is -2.44. The molecular weight excluding hydrogens is 424 g/mol. The van der Waals surface area contributed by atoms with Gasteiger partial charge in [-0.3, -0.25) is 5.10 Å². The number of fused-ring (bicyclic) bond motifs is 3. The van der Waals surface area contributed by atoms with Gasteiger partial charge in [0.2, 0.25) is 0 Å². The Hall–Kier alpha value is -4.04. The van der Waals surface area contributed by atoms with Crippen LogP contribution in [0.1, 0.15) is 11.9 Å². The van der Waals surface area contributed by atoms with Gasteiger partial charge >= 0.3 is 0 Å². The summed E-state index contributed by atoms with van der Waals surface area (Å²) in [5.41, 5.74) is 8.47. The predicted octanol–water partition coefficient (Wildman–Crippen LogP) is 4.39. The van der Waals surface area contributed by atoms with Crippen LogP contribution in [-0.4, -0.2) is 58.3 Å². The molecule has 170 valence electrons. The normalized spacial score (nSPS) is 16.7. The minimum atomic E-state index is -0.0804. The van der Waals surface area contributed by atoms with Crippen molar-refractivity contribution in [3.05, 3.63) is 66.4 Å². The van der Waals surface area contributed by atoms with Gasteiger partial charge in [0.25, 0.3) is 0 Å². The highest BCUT2D eigenvalue weighted by Crippen LogP contribution is 2.37. The number of likely N-dealkylation sites (N-methyl/N-ethyl adjacent to an activating group) is 1. The number of imidazole rings is 1. The molecule has 34 heavy (non-hydrogen) atoms. The molecule has 2 aliphatic rings. The van der Waals surface area contributed by atoms with Crippen molar-refractivity contribution in [3.8, 4) is 11.4 Å². The van der Waals surface area contributed by atoms with E-state index in [9.17, 15) is 0 Å². The minimum Gasteiger partial charge on any atom is -0.369 e. The lowest BCUT2D eigenvalue weighted by molar-refractivity contribution is 0.313. The average Bonchev–Trinajstić information content (AvgIpc) is 3.59. The van der Waals surface area contributed by atoms with Crippen LogP contribution in [0.15, 0.2) is 60.7 Å². The average molecular weight is 451 g/mol. The molecular formula is C26H26N8. The van der Waals surface area contributed by atoms with Gasteiger partial charge in [-0.15, -0.1) is 0 Å². The van der Waals surface area contributed by atoms with Crippen molar-refractivity contribution >= 4 is 39.0 Å². The number of nitrogens with zero attached hydrogens (tertiary/aromatic N) is 4. The maximum Gasteiger partial charge on any atom is 0.143 e. The smallest absolute Gasteiger partial charge is 0.143 e. The summed E-state index contributed by atoms with van der Waals surface area (Å²) >= 11 is 0. The molecule has 0 amide bonds. The zero-order valence-electron chi connectivity index (χ0n) is 19.0. The standard InChI is InChI=1S/C26H26N8/c1-33-10-12-34(13-11-33)17-7-9-22-23(15-17)30-25(27-22)16-6-8-19-18(14-16)24(32-31-19)26-28-20-4-2-3-5-21(20)29-26/h2-9,14-15,26,28-29H,10-13H2,1H3,(H,27,30)(H,31,32). The van der Waals surface area contributed by atoms with Crippen molar-refractivity contribution in [3.63, 3.8) is 0 Å². The largest absolute Gasteiger partial charge is 0.369 e. The second-order valence-electron chi connectivity index (χ2n) is 9.21. The number of benzene rings is 3. The van der Waals surface area contributed by atoms with Crippen molar-refractivity contribution in [1.82, 2.24) is 25.1 Å². The first-order chi connectivity index (χ1) is 16.7. The molecule has 3 aromatic carbocycles. The van der Waals surface area contributed by atoms with Crippen LogP contribution in [0.3, 0.4) is 0 Å². The molecule has 0 unspecified atom stereocenters. The van der Waals surface area contributed by atoms with Crippen LogP contribution < -0.4 is 15.5 Å². The maximum atomic E-state index is 4.89. The summed E-state index contributed by atoms with van der Waals surface area (Å²) in [5, 5.41) is 15.9. The number of hydrogen-bond donors (Lipinski definition) is 4. The van der Waals surface area contributed by atoms with Crippen LogP contribution in [0.2, 0.25) is 0 Å².